The lowest BCUT2D eigenvalue weighted by molar-refractivity contribution is 0.0116. The molecule has 0 N–H and O–H groups in total. The van der Waals surface area contributed by atoms with E-state index in [1.165, 1.54) is 0 Å². The first-order valence-electron chi connectivity index (χ1n) is 9.29. The van der Waals surface area contributed by atoms with Crippen LogP contribution in [0.15, 0.2) is 34.1 Å². The monoisotopic (exact) mass is 413 g/mol. The van der Waals surface area contributed by atoms with Gasteiger partial charge in [0.05, 0.1) is 10.8 Å². The molecule has 7 heteroatoms. The summed E-state index contributed by atoms with van der Waals surface area (Å²) in [6.07, 6.45) is 4.01. The van der Waals surface area contributed by atoms with Crippen LogP contribution in [0.4, 0.5) is 4.79 Å². The summed E-state index contributed by atoms with van der Waals surface area (Å²) in [6.45, 7) is 9.18. The van der Waals surface area contributed by atoms with E-state index in [9.17, 15) is 13.2 Å². The van der Waals surface area contributed by atoms with Gasteiger partial charge in [0, 0.05) is 45.7 Å². The van der Waals surface area contributed by atoms with Crippen LogP contribution >= 0.6 is 0 Å². The van der Waals surface area contributed by atoms with Gasteiger partial charge < -0.3 is 9.64 Å². The highest BCUT2D eigenvalue weighted by Gasteiger charge is 2.33. The van der Waals surface area contributed by atoms with Crippen molar-refractivity contribution in [3.63, 3.8) is 0 Å². The third-order valence-corrected chi connectivity index (χ3v) is 7.24. The second kappa shape index (κ2) is 8.86. The molecule has 0 bridgehead atoms. The van der Waals surface area contributed by atoms with Gasteiger partial charge in [0.15, 0.2) is 0 Å². The van der Waals surface area contributed by atoms with Crippen LogP contribution in [0.5, 0.6) is 0 Å². The second-order valence-corrected chi connectivity index (χ2v) is 11.5. The Balaban J connectivity index is 1.85. The summed E-state index contributed by atoms with van der Waals surface area (Å²) in [4.78, 5) is 15.5. The molecule has 27 heavy (non-hydrogen) atoms. The molecule has 0 aromatic heterocycles. The Hall–Kier alpha value is -1.21. The minimum Gasteiger partial charge on any atom is -0.444 e. The number of carbonyl (C=O) groups excluding carboxylic acids is 1. The van der Waals surface area contributed by atoms with Gasteiger partial charge in [0.25, 0.3) is 0 Å². The number of hydrogen-bond acceptors (Lipinski definition) is 4. The van der Waals surface area contributed by atoms with Crippen LogP contribution in [0.2, 0.25) is 0 Å². The fourth-order valence-corrected chi connectivity index (χ4v) is 4.92. The van der Waals surface area contributed by atoms with Crippen LogP contribution in [0, 0.1) is 5.41 Å². The topological polar surface area (TPSA) is 63.7 Å². The molecular weight excluding hydrogens is 382 g/mol. The summed E-state index contributed by atoms with van der Waals surface area (Å²) in [7, 11) is -2.09. The van der Waals surface area contributed by atoms with Gasteiger partial charge in [-0.15, -0.1) is 0 Å². The zero-order valence-electron chi connectivity index (χ0n) is 16.9. The number of piperidine rings is 1. The van der Waals surface area contributed by atoms with Crippen molar-refractivity contribution in [3.8, 4) is 0 Å². The SMILES string of the molecule is CS(=O)c1ccc(S(=O)CCC2(C)CCN(C(=O)OC(C)(C)C)CC2)cc1. The number of benzene rings is 1. The maximum absolute atomic E-state index is 12.6. The molecule has 0 radical (unpaired) electrons. The van der Waals surface area contributed by atoms with E-state index >= 15 is 0 Å². The molecule has 1 fully saturated rings. The van der Waals surface area contributed by atoms with E-state index < -0.39 is 27.2 Å². The lowest BCUT2D eigenvalue weighted by Crippen LogP contribution is -2.44. The first kappa shape index (κ1) is 22.1. The Kier molecular flexibility index (Phi) is 7.25. The Morgan fingerprint density at radius 3 is 2.11 bits per heavy atom. The third kappa shape index (κ3) is 6.71. The van der Waals surface area contributed by atoms with E-state index in [1.807, 2.05) is 20.8 Å². The van der Waals surface area contributed by atoms with Crippen molar-refractivity contribution >= 4 is 27.7 Å². The largest absolute Gasteiger partial charge is 0.444 e. The number of hydrogen-bond donors (Lipinski definition) is 0. The molecule has 2 unspecified atom stereocenters. The van der Waals surface area contributed by atoms with Crippen LogP contribution < -0.4 is 0 Å². The third-order valence-electron chi connectivity index (χ3n) is 4.93. The molecule has 5 nitrogen and oxygen atoms in total. The van der Waals surface area contributed by atoms with Crippen LogP contribution in [-0.4, -0.2) is 50.1 Å². The van der Waals surface area contributed by atoms with Crippen molar-refractivity contribution in [2.75, 3.05) is 25.1 Å². The molecule has 0 saturated carbocycles. The summed E-state index contributed by atoms with van der Waals surface area (Å²) in [6, 6.07) is 7.18. The van der Waals surface area contributed by atoms with Gasteiger partial charge in [-0.25, -0.2) is 4.79 Å². The molecule has 1 aromatic rings. The molecule has 2 rings (SSSR count). The molecule has 1 aliphatic rings. The molecule has 0 spiro atoms. The number of ether oxygens (including phenoxy) is 1. The highest BCUT2D eigenvalue weighted by molar-refractivity contribution is 7.85. The predicted octanol–water partition coefficient (Wildman–Crippen LogP) is 3.96. The van der Waals surface area contributed by atoms with Crippen LogP contribution in [0.1, 0.15) is 47.0 Å². The summed E-state index contributed by atoms with van der Waals surface area (Å²) < 4.78 is 29.5. The molecule has 1 amide bonds. The van der Waals surface area contributed by atoms with E-state index in [-0.39, 0.29) is 11.5 Å². The molecule has 1 aliphatic heterocycles. The molecule has 152 valence electrons. The lowest BCUT2D eigenvalue weighted by Gasteiger charge is -2.39. The molecular formula is C20H31NO4S2. The van der Waals surface area contributed by atoms with Gasteiger partial charge in [-0.3, -0.25) is 8.42 Å². The van der Waals surface area contributed by atoms with E-state index in [1.54, 1.807) is 35.4 Å². The van der Waals surface area contributed by atoms with Gasteiger partial charge in [0.2, 0.25) is 0 Å². The van der Waals surface area contributed by atoms with Crippen molar-refractivity contribution in [2.45, 2.75) is 62.3 Å². The summed E-state index contributed by atoms with van der Waals surface area (Å²) in [5.74, 6) is 0.595. The number of carbonyl (C=O) groups is 1. The van der Waals surface area contributed by atoms with Crippen molar-refractivity contribution in [1.82, 2.24) is 4.90 Å². The number of amides is 1. The fourth-order valence-electron chi connectivity index (χ4n) is 3.05. The van der Waals surface area contributed by atoms with E-state index in [2.05, 4.69) is 6.92 Å². The van der Waals surface area contributed by atoms with E-state index in [4.69, 9.17) is 4.74 Å². The van der Waals surface area contributed by atoms with Crippen LogP contribution in [0.3, 0.4) is 0 Å². The highest BCUT2D eigenvalue weighted by Crippen LogP contribution is 2.35. The standard InChI is InChI=1S/C20H31NO4S2/c1-19(2,3)25-18(22)21-13-10-20(4,11-14-21)12-15-27(24)17-8-6-16(7-9-17)26(5)23/h6-9H,10-15H2,1-5H3. The minimum atomic E-state index is -1.07. The van der Waals surface area contributed by atoms with E-state index in [0.717, 1.165) is 29.1 Å². The Morgan fingerprint density at radius 2 is 1.63 bits per heavy atom. The Labute approximate surface area is 167 Å². The zero-order chi connectivity index (χ0) is 20.2. The van der Waals surface area contributed by atoms with Crippen LogP contribution in [0.25, 0.3) is 0 Å². The van der Waals surface area contributed by atoms with Gasteiger partial charge in [-0.2, -0.15) is 0 Å². The Morgan fingerprint density at radius 1 is 1.11 bits per heavy atom. The average Bonchev–Trinajstić information content (AvgIpc) is 2.59. The summed E-state index contributed by atoms with van der Waals surface area (Å²) >= 11 is 0. The summed E-state index contributed by atoms with van der Waals surface area (Å²) in [5, 5.41) is 0. The Bertz CT molecular complexity index is 702. The zero-order valence-corrected chi connectivity index (χ0v) is 18.6. The minimum absolute atomic E-state index is 0.0824. The number of likely N-dealkylation sites (tertiary alicyclic amines) is 1. The van der Waals surface area contributed by atoms with Crippen molar-refractivity contribution in [3.05, 3.63) is 24.3 Å². The van der Waals surface area contributed by atoms with Crippen LogP contribution in [-0.2, 0) is 26.3 Å². The number of nitrogens with zero attached hydrogens (tertiary/aromatic N) is 1. The quantitative estimate of drug-likeness (QED) is 0.733. The van der Waals surface area contributed by atoms with Gasteiger partial charge in [-0.05, 0) is 69.7 Å². The highest BCUT2D eigenvalue weighted by atomic mass is 32.2. The molecule has 0 aliphatic carbocycles. The smallest absolute Gasteiger partial charge is 0.410 e. The molecule has 2 atom stereocenters. The van der Waals surface area contributed by atoms with Crippen molar-refractivity contribution in [2.24, 2.45) is 5.41 Å². The van der Waals surface area contributed by atoms with Gasteiger partial charge in [-0.1, -0.05) is 6.92 Å². The van der Waals surface area contributed by atoms with Crippen molar-refractivity contribution < 1.29 is 17.9 Å². The lowest BCUT2D eigenvalue weighted by atomic mass is 9.78. The summed E-state index contributed by atoms with van der Waals surface area (Å²) in [5.41, 5.74) is -0.395. The normalized spacial score (nSPS) is 19.4. The predicted molar refractivity (Wildman–Crippen MR) is 110 cm³/mol. The van der Waals surface area contributed by atoms with Crippen molar-refractivity contribution in [1.29, 1.82) is 0 Å². The maximum Gasteiger partial charge on any atom is 0.410 e. The molecule has 1 saturated heterocycles. The first-order valence-corrected chi connectivity index (χ1v) is 12.2. The van der Waals surface area contributed by atoms with Gasteiger partial charge >= 0.3 is 6.09 Å². The first-order chi connectivity index (χ1) is 12.5. The van der Waals surface area contributed by atoms with Gasteiger partial charge in [0.1, 0.15) is 5.60 Å². The van der Waals surface area contributed by atoms with E-state index in [0.29, 0.717) is 18.8 Å². The molecule has 1 heterocycles. The molecule has 1 aromatic carbocycles. The second-order valence-electron chi connectivity index (χ2n) is 8.50. The fraction of sp³-hybridized carbons (Fsp3) is 0.650. The maximum atomic E-state index is 12.6. The average molecular weight is 414 g/mol. The number of rotatable bonds is 5.